The maximum absolute atomic E-state index is 11.4. The van der Waals surface area contributed by atoms with Crippen molar-refractivity contribution in [3.05, 3.63) is 22.2 Å². The van der Waals surface area contributed by atoms with Crippen LogP contribution in [-0.4, -0.2) is 49.3 Å². The van der Waals surface area contributed by atoms with Gasteiger partial charge < -0.3 is 19.0 Å². The predicted molar refractivity (Wildman–Crippen MR) is 85.1 cm³/mol. The van der Waals surface area contributed by atoms with Gasteiger partial charge in [0.05, 0.1) is 24.2 Å². The number of oxazole rings is 1. The van der Waals surface area contributed by atoms with Crippen molar-refractivity contribution in [3.63, 3.8) is 0 Å². The number of rotatable bonds is 3. The number of fused-ring (bicyclic) bond motifs is 1. The van der Waals surface area contributed by atoms with Crippen LogP contribution < -0.4 is 9.80 Å². The molecule has 2 aliphatic heterocycles. The van der Waals surface area contributed by atoms with E-state index in [1.54, 1.807) is 6.07 Å². The summed E-state index contributed by atoms with van der Waals surface area (Å²) in [5, 5.41) is 11.4. The highest BCUT2D eigenvalue weighted by molar-refractivity contribution is 5.85. The minimum Gasteiger partial charge on any atom is -0.423 e. The molecule has 1 aromatic heterocycles. The average molecular weight is 318 g/mol. The molecule has 0 N–H and O–H groups in total. The Morgan fingerprint density at radius 1 is 1.09 bits per heavy atom. The Morgan fingerprint density at radius 3 is 2.52 bits per heavy atom. The van der Waals surface area contributed by atoms with Gasteiger partial charge in [0, 0.05) is 26.2 Å². The van der Waals surface area contributed by atoms with Crippen molar-refractivity contribution >= 4 is 28.5 Å². The van der Waals surface area contributed by atoms with Gasteiger partial charge >= 0.3 is 0 Å². The number of nitro benzene ring substituents is 1. The molecule has 8 heteroatoms. The van der Waals surface area contributed by atoms with Gasteiger partial charge in [-0.2, -0.15) is 4.98 Å². The molecule has 2 aromatic rings. The van der Waals surface area contributed by atoms with Crippen molar-refractivity contribution in [2.75, 3.05) is 49.2 Å². The van der Waals surface area contributed by atoms with Crippen molar-refractivity contribution in [1.29, 1.82) is 0 Å². The van der Waals surface area contributed by atoms with E-state index in [1.807, 2.05) is 4.90 Å². The van der Waals surface area contributed by atoms with Gasteiger partial charge in [-0.3, -0.25) is 10.1 Å². The Kier molecular flexibility index (Phi) is 3.53. The summed E-state index contributed by atoms with van der Waals surface area (Å²) in [4.78, 5) is 19.7. The highest BCUT2D eigenvalue weighted by Crippen LogP contribution is 2.36. The number of morpholine rings is 1. The number of nitrogens with zero attached hydrogens (tertiary/aromatic N) is 4. The molecule has 0 aliphatic carbocycles. The largest absolute Gasteiger partial charge is 0.423 e. The first-order valence-corrected chi connectivity index (χ1v) is 7.89. The topological polar surface area (TPSA) is 84.9 Å². The molecule has 0 unspecified atom stereocenters. The third-order valence-electron chi connectivity index (χ3n) is 4.40. The van der Waals surface area contributed by atoms with Crippen LogP contribution in [0.1, 0.15) is 12.8 Å². The Hall–Kier alpha value is -2.35. The second kappa shape index (κ2) is 5.69. The zero-order chi connectivity index (χ0) is 15.8. The van der Waals surface area contributed by atoms with Gasteiger partial charge in [0.15, 0.2) is 5.58 Å². The molecular weight excluding hydrogens is 300 g/mol. The summed E-state index contributed by atoms with van der Waals surface area (Å²) in [7, 11) is 0. The van der Waals surface area contributed by atoms with Crippen molar-refractivity contribution < 1.29 is 14.1 Å². The summed E-state index contributed by atoms with van der Waals surface area (Å²) in [5.74, 6) is 0. The number of aromatic nitrogens is 1. The van der Waals surface area contributed by atoms with E-state index < -0.39 is 0 Å². The second-order valence-electron chi connectivity index (χ2n) is 5.86. The third kappa shape index (κ3) is 2.59. The van der Waals surface area contributed by atoms with Crippen LogP contribution in [0.25, 0.3) is 11.1 Å². The van der Waals surface area contributed by atoms with Crippen LogP contribution in [0.3, 0.4) is 0 Å². The van der Waals surface area contributed by atoms with Crippen LogP contribution in [0.15, 0.2) is 16.5 Å². The van der Waals surface area contributed by atoms with Crippen molar-refractivity contribution in [1.82, 2.24) is 4.98 Å². The van der Waals surface area contributed by atoms with E-state index in [0.717, 1.165) is 25.9 Å². The maximum atomic E-state index is 11.4. The summed E-state index contributed by atoms with van der Waals surface area (Å²) in [6, 6.07) is 3.79. The van der Waals surface area contributed by atoms with Gasteiger partial charge in [-0.25, -0.2) is 0 Å². The Morgan fingerprint density at radius 2 is 1.83 bits per heavy atom. The van der Waals surface area contributed by atoms with Crippen LogP contribution in [0.2, 0.25) is 0 Å². The molecule has 4 rings (SSSR count). The Balaban J connectivity index is 1.76. The van der Waals surface area contributed by atoms with E-state index in [2.05, 4.69) is 9.88 Å². The van der Waals surface area contributed by atoms with Gasteiger partial charge in [0.2, 0.25) is 0 Å². The normalized spacial score (nSPS) is 18.8. The fourth-order valence-corrected chi connectivity index (χ4v) is 3.19. The lowest BCUT2D eigenvalue weighted by atomic mass is 10.2. The molecule has 23 heavy (non-hydrogen) atoms. The summed E-state index contributed by atoms with van der Waals surface area (Å²) in [5.41, 5.74) is 1.85. The zero-order valence-corrected chi connectivity index (χ0v) is 12.7. The van der Waals surface area contributed by atoms with Crippen molar-refractivity contribution in [2.24, 2.45) is 0 Å². The first-order chi connectivity index (χ1) is 11.2. The standard InChI is InChI=1S/C15H18N4O4/c20-19(21)13-10-14-11(9-12(13)17-3-1-2-4-17)16-15(23-14)18-5-7-22-8-6-18/h9-10H,1-8H2. The van der Waals surface area contributed by atoms with Gasteiger partial charge in [-0.1, -0.05) is 0 Å². The Labute approximate surface area is 132 Å². The van der Waals surface area contributed by atoms with Gasteiger partial charge in [0.25, 0.3) is 11.7 Å². The summed E-state index contributed by atoms with van der Waals surface area (Å²) < 4.78 is 11.1. The van der Waals surface area contributed by atoms with E-state index in [9.17, 15) is 10.1 Å². The van der Waals surface area contributed by atoms with E-state index in [4.69, 9.17) is 9.15 Å². The number of anilines is 2. The van der Waals surface area contributed by atoms with Crippen molar-refractivity contribution in [3.8, 4) is 0 Å². The Bertz CT molecular complexity index is 732. The highest BCUT2D eigenvalue weighted by Gasteiger charge is 2.26. The highest BCUT2D eigenvalue weighted by atomic mass is 16.6. The lowest BCUT2D eigenvalue weighted by molar-refractivity contribution is -0.384. The molecule has 122 valence electrons. The number of nitro groups is 1. The molecule has 2 fully saturated rings. The lowest BCUT2D eigenvalue weighted by Gasteiger charge is -2.24. The van der Waals surface area contributed by atoms with Crippen LogP contribution in [-0.2, 0) is 4.74 Å². The fraction of sp³-hybridized carbons (Fsp3) is 0.533. The van der Waals surface area contributed by atoms with Gasteiger partial charge in [0.1, 0.15) is 11.2 Å². The van der Waals surface area contributed by atoms with Crippen LogP contribution in [0.5, 0.6) is 0 Å². The number of benzene rings is 1. The minimum atomic E-state index is -0.343. The van der Waals surface area contributed by atoms with E-state index >= 15 is 0 Å². The minimum absolute atomic E-state index is 0.0871. The first-order valence-electron chi connectivity index (χ1n) is 7.89. The van der Waals surface area contributed by atoms with Gasteiger partial charge in [-0.15, -0.1) is 0 Å². The number of ether oxygens (including phenoxy) is 1. The SMILES string of the molecule is O=[N+]([O-])c1cc2oc(N3CCOCC3)nc2cc1N1CCCC1. The summed E-state index contributed by atoms with van der Waals surface area (Å²) in [6.07, 6.45) is 2.13. The molecule has 0 bridgehead atoms. The summed E-state index contributed by atoms with van der Waals surface area (Å²) in [6.45, 7) is 4.40. The predicted octanol–water partition coefficient (Wildman–Crippen LogP) is 2.17. The lowest BCUT2D eigenvalue weighted by Crippen LogP contribution is -2.36. The quantitative estimate of drug-likeness (QED) is 0.633. The molecule has 8 nitrogen and oxygen atoms in total. The van der Waals surface area contributed by atoms with E-state index in [1.165, 1.54) is 6.07 Å². The molecular formula is C15H18N4O4. The molecule has 2 aliphatic rings. The molecule has 0 radical (unpaired) electrons. The fourth-order valence-electron chi connectivity index (χ4n) is 3.19. The second-order valence-corrected chi connectivity index (χ2v) is 5.86. The van der Waals surface area contributed by atoms with Crippen LogP contribution in [0, 0.1) is 10.1 Å². The van der Waals surface area contributed by atoms with Crippen LogP contribution in [0.4, 0.5) is 17.4 Å². The number of hydrogen-bond donors (Lipinski definition) is 0. The van der Waals surface area contributed by atoms with E-state index in [0.29, 0.717) is 49.1 Å². The average Bonchev–Trinajstić information content (AvgIpc) is 3.23. The van der Waals surface area contributed by atoms with E-state index in [-0.39, 0.29) is 10.6 Å². The maximum Gasteiger partial charge on any atom is 0.298 e. The molecule has 0 amide bonds. The monoisotopic (exact) mass is 318 g/mol. The third-order valence-corrected chi connectivity index (χ3v) is 4.40. The smallest absolute Gasteiger partial charge is 0.298 e. The summed E-state index contributed by atoms with van der Waals surface area (Å²) >= 11 is 0. The van der Waals surface area contributed by atoms with Crippen LogP contribution >= 0.6 is 0 Å². The first kappa shape index (κ1) is 14.3. The molecule has 1 aromatic carbocycles. The molecule has 2 saturated heterocycles. The zero-order valence-electron chi connectivity index (χ0n) is 12.7. The van der Waals surface area contributed by atoms with Gasteiger partial charge in [-0.05, 0) is 18.9 Å². The van der Waals surface area contributed by atoms with Crippen molar-refractivity contribution in [2.45, 2.75) is 12.8 Å². The number of hydrogen-bond acceptors (Lipinski definition) is 7. The molecule has 0 spiro atoms. The molecule has 3 heterocycles. The molecule has 0 saturated carbocycles. The molecule has 0 atom stereocenters.